The fourth-order valence-corrected chi connectivity index (χ4v) is 2.96. The number of hydrogen-bond acceptors (Lipinski definition) is 5. The number of amides is 1. The van der Waals surface area contributed by atoms with Crippen LogP contribution in [0.15, 0.2) is 54.0 Å². The van der Waals surface area contributed by atoms with E-state index in [2.05, 4.69) is 21.4 Å². The number of nitrogens with zero attached hydrogens (tertiary/aromatic N) is 3. The number of nitriles is 1. The number of nitrogens with one attached hydrogen (secondary N) is 1. The number of benzene rings is 1. The van der Waals surface area contributed by atoms with Crippen LogP contribution in [0.25, 0.3) is 11.4 Å². The maximum atomic E-state index is 12.1. The molecule has 5 nitrogen and oxygen atoms in total. The number of aryl methyl sites for hydroxylation is 1. The number of thiazole rings is 1. The van der Waals surface area contributed by atoms with Crippen LogP contribution in [0.5, 0.6) is 0 Å². The Balaban J connectivity index is 1.60. The Morgan fingerprint density at radius 2 is 2.00 bits per heavy atom. The van der Waals surface area contributed by atoms with Gasteiger partial charge in [-0.2, -0.15) is 5.26 Å². The molecule has 1 aromatic carbocycles. The molecule has 118 valence electrons. The van der Waals surface area contributed by atoms with E-state index in [0.29, 0.717) is 23.5 Å². The molecule has 2 aromatic heterocycles. The van der Waals surface area contributed by atoms with Crippen molar-refractivity contribution >= 4 is 22.4 Å². The third-order valence-corrected chi connectivity index (χ3v) is 4.19. The normalized spacial score (nSPS) is 10.1. The number of anilines is 1. The van der Waals surface area contributed by atoms with E-state index in [1.807, 2.05) is 41.8 Å². The van der Waals surface area contributed by atoms with Crippen LogP contribution < -0.4 is 5.32 Å². The molecule has 2 heterocycles. The van der Waals surface area contributed by atoms with Crippen molar-refractivity contribution in [3.8, 4) is 17.5 Å². The van der Waals surface area contributed by atoms with E-state index in [0.717, 1.165) is 17.0 Å². The molecule has 1 N–H and O–H groups in total. The molecule has 0 unspecified atom stereocenters. The highest BCUT2D eigenvalue weighted by molar-refractivity contribution is 7.14. The van der Waals surface area contributed by atoms with Gasteiger partial charge in [-0.05, 0) is 30.2 Å². The lowest BCUT2D eigenvalue weighted by molar-refractivity contribution is -0.116. The predicted octanol–water partition coefficient (Wildman–Crippen LogP) is 3.65. The first-order valence-electron chi connectivity index (χ1n) is 7.41. The Bertz CT molecular complexity index is 883. The molecule has 3 rings (SSSR count). The molecule has 0 atom stereocenters. The Morgan fingerprint density at radius 3 is 2.79 bits per heavy atom. The van der Waals surface area contributed by atoms with E-state index in [4.69, 9.17) is 5.26 Å². The van der Waals surface area contributed by atoms with Gasteiger partial charge in [-0.25, -0.2) is 4.98 Å². The fourth-order valence-electron chi connectivity index (χ4n) is 2.24. The van der Waals surface area contributed by atoms with Gasteiger partial charge in [0, 0.05) is 18.0 Å². The Labute approximate surface area is 143 Å². The Hall–Kier alpha value is -3.04. The van der Waals surface area contributed by atoms with Crippen molar-refractivity contribution in [1.29, 1.82) is 5.26 Å². The highest BCUT2D eigenvalue weighted by Gasteiger charge is 2.10. The van der Waals surface area contributed by atoms with Gasteiger partial charge < -0.3 is 5.32 Å². The molecule has 0 bridgehead atoms. The minimum absolute atomic E-state index is 0.121. The smallest absolute Gasteiger partial charge is 0.226 e. The van der Waals surface area contributed by atoms with E-state index in [9.17, 15) is 4.79 Å². The lowest BCUT2D eigenvalue weighted by atomic mass is 10.0. The number of rotatable bonds is 5. The monoisotopic (exact) mass is 334 g/mol. The second-order valence-electron chi connectivity index (χ2n) is 5.07. The molecular weight excluding hydrogens is 320 g/mol. The molecule has 0 saturated heterocycles. The van der Waals surface area contributed by atoms with Crippen molar-refractivity contribution in [2.45, 2.75) is 12.8 Å². The molecule has 0 aliphatic carbocycles. The number of aromatic nitrogens is 2. The van der Waals surface area contributed by atoms with Gasteiger partial charge in [0.25, 0.3) is 0 Å². The molecular formula is C18H14N4OS. The standard InChI is InChI=1S/C18H14N4OS/c19-11-14-6-2-1-5-13(14)8-9-17(23)22-18-21-16(12-24-18)15-7-3-4-10-20-15/h1-7,10,12H,8-9H2,(H,21,22,23). The summed E-state index contributed by atoms with van der Waals surface area (Å²) >= 11 is 1.37. The molecule has 0 aliphatic heterocycles. The molecule has 3 aromatic rings. The van der Waals surface area contributed by atoms with Gasteiger partial charge in [-0.15, -0.1) is 11.3 Å². The summed E-state index contributed by atoms with van der Waals surface area (Å²) in [7, 11) is 0. The maximum Gasteiger partial charge on any atom is 0.226 e. The second kappa shape index (κ2) is 7.49. The molecule has 0 aliphatic rings. The van der Waals surface area contributed by atoms with Crippen LogP contribution in [-0.4, -0.2) is 15.9 Å². The first-order chi connectivity index (χ1) is 11.8. The highest BCUT2D eigenvalue weighted by atomic mass is 32.1. The zero-order valence-electron chi connectivity index (χ0n) is 12.8. The summed E-state index contributed by atoms with van der Waals surface area (Å²) in [5, 5.41) is 14.3. The van der Waals surface area contributed by atoms with Crippen LogP contribution in [0.1, 0.15) is 17.5 Å². The summed E-state index contributed by atoms with van der Waals surface area (Å²) in [5.74, 6) is -0.121. The van der Waals surface area contributed by atoms with Gasteiger partial charge >= 0.3 is 0 Å². The van der Waals surface area contributed by atoms with Gasteiger partial charge in [-0.3, -0.25) is 9.78 Å². The van der Waals surface area contributed by atoms with Gasteiger partial charge in [-0.1, -0.05) is 24.3 Å². The topological polar surface area (TPSA) is 78.7 Å². The second-order valence-corrected chi connectivity index (χ2v) is 5.93. The van der Waals surface area contributed by atoms with Crippen molar-refractivity contribution in [3.63, 3.8) is 0 Å². The third kappa shape index (κ3) is 3.83. The van der Waals surface area contributed by atoms with Crippen molar-refractivity contribution < 1.29 is 4.79 Å². The Morgan fingerprint density at radius 1 is 1.17 bits per heavy atom. The quantitative estimate of drug-likeness (QED) is 0.772. The maximum absolute atomic E-state index is 12.1. The summed E-state index contributed by atoms with van der Waals surface area (Å²) in [4.78, 5) is 20.7. The molecule has 0 radical (unpaired) electrons. The van der Waals surface area contributed by atoms with Crippen LogP contribution in [0, 0.1) is 11.3 Å². The van der Waals surface area contributed by atoms with Crippen molar-refractivity contribution in [2.24, 2.45) is 0 Å². The number of carbonyl (C=O) groups excluding carboxylic acids is 1. The van der Waals surface area contributed by atoms with Gasteiger partial charge in [0.2, 0.25) is 5.91 Å². The summed E-state index contributed by atoms with van der Waals surface area (Å²) in [6.45, 7) is 0. The highest BCUT2D eigenvalue weighted by Crippen LogP contribution is 2.23. The average molecular weight is 334 g/mol. The summed E-state index contributed by atoms with van der Waals surface area (Å²) in [6, 6.07) is 15.1. The molecule has 0 spiro atoms. The summed E-state index contributed by atoms with van der Waals surface area (Å²) in [6.07, 6.45) is 2.53. The van der Waals surface area contributed by atoms with E-state index >= 15 is 0 Å². The zero-order chi connectivity index (χ0) is 16.8. The average Bonchev–Trinajstić information content (AvgIpc) is 3.09. The first kappa shape index (κ1) is 15.8. The van der Waals surface area contributed by atoms with Crippen LogP contribution in [0.3, 0.4) is 0 Å². The minimum Gasteiger partial charge on any atom is -0.302 e. The summed E-state index contributed by atoms with van der Waals surface area (Å²) in [5.41, 5.74) is 3.00. The molecule has 0 fully saturated rings. The lowest BCUT2D eigenvalue weighted by Crippen LogP contribution is -2.12. The third-order valence-electron chi connectivity index (χ3n) is 3.44. The van der Waals surface area contributed by atoms with E-state index in [-0.39, 0.29) is 5.91 Å². The van der Waals surface area contributed by atoms with Crippen LogP contribution in [-0.2, 0) is 11.2 Å². The van der Waals surface area contributed by atoms with Crippen LogP contribution in [0.2, 0.25) is 0 Å². The van der Waals surface area contributed by atoms with Gasteiger partial charge in [0.1, 0.15) is 5.69 Å². The minimum atomic E-state index is -0.121. The fraction of sp³-hybridized carbons (Fsp3) is 0.111. The van der Waals surface area contributed by atoms with Crippen molar-refractivity contribution in [1.82, 2.24) is 9.97 Å². The van der Waals surface area contributed by atoms with E-state index < -0.39 is 0 Å². The summed E-state index contributed by atoms with van der Waals surface area (Å²) < 4.78 is 0. The van der Waals surface area contributed by atoms with Gasteiger partial charge in [0.05, 0.1) is 17.3 Å². The zero-order valence-corrected chi connectivity index (χ0v) is 13.6. The lowest BCUT2D eigenvalue weighted by Gasteiger charge is -2.04. The number of hydrogen-bond donors (Lipinski definition) is 1. The van der Waals surface area contributed by atoms with Gasteiger partial charge in [0.15, 0.2) is 5.13 Å². The van der Waals surface area contributed by atoms with Crippen LogP contribution >= 0.6 is 11.3 Å². The molecule has 24 heavy (non-hydrogen) atoms. The van der Waals surface area contributed by atoms with E-state index in [1.54, 1.807) is 12.3 Å². The predicted molar refractivity (Wildman–Crippen MR) is 93.5 cm³/mol. The SMILES string of the molecule is N#Cc1ccccc1CCC(=O)Nc1nc(-c2ccccn2)cs1. The molecule has 0 saturated carbocycles. The van der Waals surface area contributed by atoms with Crippen molar-refractivity contribution in [3.05, 3.63) is 65.2 Å². The molecule has 1 amide bonds. The molecule has 6 heteroatoms. The largest absolute Gasteiger partial charge is 0.302 e. The Kier molecular flexibility index (Phi) is 4.94. The van der Waals surface area contributed by atoms with E-state index in [1.165, 1.54) is 11.3 Å². The number of carbonyl (C=O) groups is 1. The first-order valence-corrected chi connectivity index (χ1v) is 8.29. The van der Waals surface area contributed by atoms with Crippen LogP contribution in [0.4, 0.5) is 5.13 Å². The van der Waals surface area contributed by atoms with Crippen molar-refractivity contribution in [2.75, 3.05) is 5.32 Å². The number of pyridine rings is 1.